The van der Waals surface area contributed by atoms with E-state index in [9.17, 15) is 9.59 Å². The van der Waals surface area contributed by atoms with Crippen LogP contribution >= 0.6 is 46.4 Å². The van der Waals surface area contributed by atoms with Gasteiger partial charge in [0.2, 0.25) is 0 Å². The van der Waals surface area contributed by atoms with Crippen molar-refractivity contribution in [1.82, 2.24) is 0 Å². The number of carbonyl (C=O) groups is 2. The van der Waals surface area contributed by atoms with Crippen molar-refractivity contribution in [3.8, 4) is 11.1 Å². The third-order valence-electron chi connectivity index (χ3n) is 8.53. The molecular formula is C42H46Cl4N4O2. The molecule has 0 radical (unpaired) electrons. The Morgan fingerprint density at radius 1 is 0.481 bits per heavy atom. The molecule has 0 aliphatic heterocycles. The molecule has 10 heteroatoms. The van der Waals surface area contributed by atoms with Crippen LogP contribution in [0.2, 0.25) is 20.1 Å². The number of hydrogen-bond donors (Lipinski definition) is 0. The zero-order chi connectivity index (χ0) is 39.1. The molecular weight excluding hydrogens is 734 g/mol. The predicted molar refractivity (Wildman–Crippen MR) is 217 cm³/mol. The van der Waals surface area contributed by atoms with Gasteiger partial charge in [-0.3, -0.25) is 9.59 Å². The highest BCUT2D eigenvalue weighted by atomic mass is 35.5. The van der Waals surface area contributed by atoms with Gasteiger partial charge in [-0.05, 0) is 86.9 Å². The van der Waals surface area contributed by atoms with Crippen LogP contribution in [-0.2, 0) is 9.59 Å². The van der Waals surface area contributed by atoms with E-state index in [1.54, 1.807) is 36.7 Å². The van der Waals surface area contributed by atoms with Crippen LogP contribution < -0.4 is 0 Å². The van der Waals surface area contributed by atoms with Gasteiger partial charge in [0.25, 0.3) is 0 Å². The van der Waals surface area contributed by atoms with Gasteiger partial charge in [0, 0.05) is 27.9 Å². The molecule has 0 spiro atoms. The standard InChI is InChI=1S/C42H46Cl4N4O2/c1-39(2,3)27-13-23(14-28(37(27)51)40(4,5)6)21-47-49-26-19-31(43)35(32(44)20-26)25-17-33(45)36(34(46)18-25)50-48-22-24-15-29(41(7,8)9)38(52)30(16-24)42(10,11)12/h13-22H,1-12H3/b49-47+,50-48+. The van der Waals surface area contributed by atoms with E-state index in [2.05, 4.69) is 20.5 Å². The van der Waals surface area contributed by atoms with E-state index in [4.69, 9.17) is 46.4 Å². The third-order valence-corrected chi connectivity index (χ3v) is 9.70. The maximum atomic E-state index is 13.3. The number of benzene rings is 2. The van der Waals surface area contributed by atoms with Crippen molar-refractivity contribution >= 4 is 69.3 Å². The normalized spacial score (nSPS) is 16.4. The molecule has 0 amide bonds. The number of azo groups is 2. The molecule has 0 fully saturated rings. The molecule has 274 valence electrons. The zero-order valence-corrected chi connectivity index (χ0v) is 34.9. The van der Waals surface area contributed by atoms with E-state index in [-0.39, 0.29) is 49.0 Å². The number of Topliss-reactive ketones (excluding diaryl/α,β-unsaturated/α-hetero) is 2. The number of allylic oxidation sites excluding steroid dienone is 10. The summed E-state index contributed by atoms with van der Waals surface area (Å²) in [7, 11) is 0. The second-order valence-corrected chi connectivity index (χ2v) is 18.8. The molecule has 0 unspecified atom stereocenters. The summed E-state index contributed by atoms with van der Waals surface area (Å²) in [4.78, 5) is 26.5. The summed E-state index contributed by atoms with van der Waals surface area (Å²) < 4.78 is 0. The van der Waals surface area contributed by atoms with Gasteiger partial charge < -0.3 is 0 Å². The first-order valence-electron chi connectivity index (χ1n) is 17.0. The Morgan fingerprint density at radius 2 is 0.808 bits per heavy atom. The SMILES string of the molecule is CC(C)(C)C1=CC(=C/N=N/c2cc(Cl)c(-c3cc(Cl)c(/N=N/C=C4C=C(C(C)(C)C)C(=O)C(C(C)(C)C)=C4)c(Cl)c3)c(Cl)c2)C=C(C(C)(C)C)C1=O. The molecule has 52 heavy (non-hydrogen) atoms. The molecule has 0 saturated carbocycles. The first kappa shape index (κ1) is 41.3. The highest BCUT2D eigenvalue weighted by Gasteiger charge is 2.35. The van der Waals surface area contributed by atoms with Crippen LogP contribution in [0.3, 0.4) is 0 Å². The highest BCUT2D eigenvalue weighted by molar-refractivity contribution is 6.41. The van der Waals surface area contributed by atoms with E-state index in [0.717, 1.165) is 22.3 Å². The second kappa shape index (κ2) is 15.1. The molecule has 6 nitrogen and oxygen atoms in total. The number of nitrogens with zero attached hydrogens (tertiary/aromatic N) is 4. The van der Waals surface area contributed by atoms with Gasteiger partial charge in [0.05, 0.1) is 38.2 Å². The number of ketones is 2. The molecule has 0 saturated heterocycles. The number of halogens is 4. The van der Waals surface area contributed by atoms with Gasteiger partial charge in [0.15, 0.2) is 11.6 Å². The first-order chi connectivity index (χ1) is 23.8. The summed E-state index contributed by atoms with van der Waals surface area (Å²) in [6, 6.07) is 6.64. The lowest BCUT2D eigenvalue weighted by atomic mass is 9.72. The summed E-state index contributed by atoms with van der Waals surface area (Å²) in [6.07, 6.45) is 10.6. The minimum absolute atomic E-state index is 0.0407. The van der Waals surface area contributed by atoms with E-state index < -0.39 is 0 Å². The Bertz CT molecular complexity index is 1960. The van der Waals surface area contributed by atoms with E-state index in [1.807, 2.05) is 107 Å². The van der Waals surface area contributed by atoms with Crippen LogP contribution in [-0.4, -0.2) is 11.6 Å². The predicted octanol–water partition coefficient (Wildman–Crippen LogP) is 15.0. The number of carbonyl (C=O) groups excluding carboxylic acids is 2. The summed E-state index contributed by atoms with van der Waals surface area (Å²) >= 11 is 26.8. The molecule has 0 heterocycles. The minimum atomic E-state index is -0.346. The van der Waals surface area contributed by atoms with Crippen molar-refractivity contribution in [2.24, 2.45) is 42.1 Å². The molecule has 2 aromatic carbocycles. The van der Waals surface area contributed by atoms with Gasteiger partial charge in [-0.25, -0.2) is 0 Å². The molecule has 0 atom stereocenters. The molecule has 2 aliphatic carbocycles. The molecule has 0 bridgehead atoms. The molecule has 0 N–H and O–H groups in total. The van der Waals surface area contributed by atoms with Gasteiger partial charge in [-0.1, -0.05) is 129 Å². The van der Waals surface area contributed by atoms with Crippen molar-refractivity contribution in [3.63, 3.8) is 0 Å². The molecule has 0 aromatic heterocycles. The Labute approximate surface area is 328 Å². The molecule has 4 rings (SSSR count). The average Bonchev–Trinajstić information content (AvgIpc) is 2.97. The summed E-state index contributed by atoms with van der Waals surface area (Å²) in [5.74, 6) is 0.0910. The fraction of sp³-hybridized carbons (Fsp3) is 0.381. The van der Waals surface area contributed by atoms with Crippen molar-refractivity contribution in [2.45, 2.75) is 83.1 Å². The van der Waals surface area contributed by atoms with Crippen LogP contribution in [0, 0.1) is 21.7 Å². The Kier molecular flexibility index (Phi) is 12.0. The van der Waals surface area contributed by atoms with Crippen molar-refractivity contribution in [3.05, 3.63) is 114 Å². The topological polar surface area (TPSA) is 83.6 Å². The fourth-order valence-corrected chi connectivity index (χ4v) is 6.95. The van der Waals surface area contributed by atoms with Crippen LogP contribution in [0.5, 0.6) is 0 Å². The zero-order valence-electron chi connectivity index (χ0n) is 31.9. The quantitative estimate of drug-likeness (QED) is 0.283. The molecule has 2 aromatic rings. The van der Waals surface area contributed by atoms with Crippen molar-refractivity contribution in [1.29, 1.82) is 0 Å². The van der Waals surface area contributed by atoms with Crippen LogP contribution in [0.15, 0.2) is 115 Å². The van der Waals surface area contributed by atoms with Crippen molar-refractivity contribution < 1.29 is 9.59 Å². The van der Waals surface area contributed by atoms with Crippen LogP contribution in [0.4, 0.5) is 11.4 Å². The first-order valence-corrected chi connectivity index (χ1v) is 18.5. The number of rotatable bonds is 5. The van der Waals surface area contributed by atoms with Crippen LogP contribution in [0.25, 0.3) is 11.1 Å². The maximum Gasteiger partial charge on any atom is 0.186 e. The lowest BCUT2D eigenvalue weighted by molar-refractivity contribution is -0.114. The van der Waals surface area contributed by atoms with Crippen molar-refractivity contribution in [2.75, 3.05) is 0 Å². The third kappa shape index (κ3) is 9.57. The number of hydrogen-bond acceptors (Lipinski definition) is 6. The second-order valence-electron chi connectivity index (χ2n) is 17.2. The summed E-state index contributed by atoms with van der Waals surface area (Å²) in [6.45, 7) is 24.2. The Morgan fingerprint density at radius 3 is 1.13 bits per heavy atom. The maximum absolute atomic E-state index is 13.3. The lowest BCUT2D eigenvalue weighted by Crippen LogP contribution is -2.27. The highest BCUT2D eigenvalue weighted by Crippen LogP contribution is 2.45. The monoisotopic (exact) mass is 778 g/mol. The minimum Gasteiger partial charge on any atom is -0.289 e. The van der Waals surface area contributed by atoms with E-state index >= 15 is 0 Å². The summed E-state index contributed by atoms with van der Waals surface area (Å²) in [5.41, 5.74) is 4.84. The van der Waals surface area contributed by atoms with E-state index in [1.165, 1.54) is 0 Å². The summed E-state index contributed by atoms with van der Waals surface area (Å²) in [5, 5.41) is 18.4. The van der Waals surface area contributed by atoms with Gasteiger partial charge >= 0.3 is 0 Å². The van der Waals surface area contributed by atoms with Gasteiger partial charge in [-0.2, -0.15) is 15.3 Å². The smallest absolute Gasteiger partial charge is 0.186 e. The largest absolute Gasteiger partial charge is 0.289 e. The lowest BCUT2D eigenvalue weighted by Gasteiger charge is -2.31. The van der Waals surface area contributed by atoms with Crippen LogP contribution in [0.1, 0.15) is 83.1 Å². The van der Waals surface area contributed by atoms with Gasteiger partial charge in [0.1, 0.15) is 5.69 Å². The van der Waals surface area contributed by atoms with Gasteiger partial charge in [-0.15, -0.1) is 5.11 Å². The van der Waals surface area contributed by atoms with E-state index in [0.29, 0.717) is 38.0 Å². The fourth-order valence-electron chi connectivity index (χ4n) is 5.69. The Balaban J connectivity index is 1.63. The Hall–Kier alpha value is -3.42. The average molecular weight is 781 g/mol. The molecule has 2 aliphatic rings.